The third-order valence-corrected chi connectivity index (χ3v) is 9.62. The highest BCUT2D eigenvalue weighted by molar-refractivity contribution is 7.89. The van der Waals surface area contributed by atoms with E-state index in [0.717, 1.165) is 30.0 Å². The van der Waals surface area contributed by atoms with E-state index < -0.39 is 52.0 Å². The number of alkyl halides is 3. The Morgan fingerprint density at radius 1 is 1.20 bits per heavy atom. The zero-order valence-corrected chi connectivity index (χ0v) is 23.6. The van der Waals surface area contributed by atoms with Crippen LogP contribution in [0.15, 0.2) is 46.4 Å². The average molecular weight is 599 g/mol. The number of ether oxygens (including phenoxy) is 1. The monoisotopic (exact) mass is 598 g/mol. The topological polar surface area (TPSA) is 139 Å². The Bertz CT molecular complexity index is 1410. The maximum Gasteiger partial charge on any atom is 0.471 e. The molecule has 10 nitrogen and oxygen atoms in total. The minimum Gasteiger partial charge on any atom is -0.467 e. The number of esters is 1. The van der Waals surface area contributed by atoms with Crippen LogP contribution in [0.2, 0.25) is 0 Å². The SMILES string of the molecule is COC(=O)[C@]1(C(=O)C(N)CC2=CCCNC2)CC(C)=CCN1S(=O)(=O)c1ccc2c(c1)CN(C(=O)C(F)(F)F)CC2. The number of benzene rings is 1. The summed E-state index contributed by atoms with van der Waals surface area (Å²) < 4.78 is 73.2. The smallest absolute Gasteiger partial charge is 0.467 e. The predicted octanol–water partition coefficient (Wildman–Crippen LogP) is 1.59. The molecule has 224 valence electrons. The summed E-state index contributed by atoms with van der Waals surface area (Å²) in [5.74, 6) is -3.91. The molecule has 3 aliphatic rings. The van der Waals surface area contributed by atoms with Gasteiger partial charge in [-0.25, -0.2) is 13.2 Å². The number of amides is 1. The first-order valence-corrected chi connectivity index (χ1v) is 14.6. The Balaban J connectivity index is 1.73. The Hall–Kier alpha value is -3.07. The first kappa shape index (κ1) is 30.9. The van der Waals surface area contributed by atoms with Gasteiger partial charge in [0, 0.05) is 32.6 Å². The van der Waals surface area contributed by atoms with Crippen LogP contribution in [0.1, 0.15) is 37.3 Å². The van der Waals surface area contributed by atoms with Gasteiger partial charge >= 0.3 is 18.1 Å². The van der Waals surface area contributed by atoms with E-state index >= 15 is 0 Å². The summed E-state index contributed by atoms with van der Waals surface area (Å²) in [5, 5.41) is 3.18. The Kier molecular flexibility index (Phi) is 8.79. The summed E-state index contributed by atoms with van der Waals surface area (Å²) in [5.41, 5.74) is 6.30. The van der Waals surface area contributed by atoms with Crippen LogP contribution in [0.5, 0.6) is 0 Å². The van der Waals surface area contributed by atoms with E-state index in [1.807, 2.05) is 6.08 Å². The Labute approximate surface area is 236 Å². The second-order valence-corrected chi connectivity index (χ2v) is 12.4. The third kappa shape index (κ3) is 5.96. The molecule has 14 heteroatoms. The van der Waals surface area contributed by atoms with Gasteiger partial charge in [0.1, 0.15) is 0 Å². The van der Waals surface area contributed by atoms with Gasteiger partial charge in [-0.05, 0) is 56.0 Å². The number of hydrogen-bond donors (Lipinski definition) is 2. The molecule has 1 unspecified atom stereocenters. The first-order valence-electron chi connectivity index (χ1n) is 13.1. The molecule has 1 aromatic carbocycles. The molecule has 1 aromatic rings. The second kappa shape index (κ2) is 11.7. The number of fused-ring (bicyclic) bond motifs is 1. The zero-order valence-electron chi connectivity index (χ0n) is 22.8. The zero-order chi connectivity index (χ0) is 30.2. The molecule has 3 N–H and O–H groups in total. The number of hydrogen-bond acceptors (Lipinski definition) is 8. The summed E-state index contributed by atoms with van der Waals surface area (Å²) in [6, 6.07) is 2.73. The molecule has 0 saturated carbocycles. The van der Waals surface area contributed by atoms with Gasteiger partial charge in [-0.2, -0.15) is 17.5 Å². The molecule has 4 rings (SSSR count). The van der Waals surface area contributed by atoms with Gasteiger partial charge in [-0.1, -0.05) is 29.4 Å². The molecule has 0 bridgehead atoms. The highest BCUT2D eigenvalue weighted by Crippen LogP contribution is 2.38. The van der Waals surface area contributed by atoms with E-state index in [2.05, 4.69) is 5.32 Å². The number of rotatable bonds is 7. The van der Waals surface area contributed by atoms with Gasteiger partial charge in [-0.15, -0.1) is 0 Å². The number of nitrogens with two attached hydrogens (primary N) is 1. The number of nitrogens with zero attached hydrogens (tertiary/aromatic N) is 2. The maximum atomic E-state index is 14.1. The Morgan fingerprint density at radius 3 is 2.56 bits per heavy atom. The summed E-state index contributed by atoms with van der Waals surface area (Å²) >= 11 is 0. The fraction of sp³-hybridized carbons (Fsp3) is 0.519. The van der Waals surface area contributed by atoms with Crippen LogP contribution < -0.4 is 11.1 Å². The number of halogens is 3. The van der Waals surface area contributed by atoms with Gasteiger partial charge in [0.2, 0.25) is 10.0 Å². The van der Waals surface area contributed by atoms with Crippen LogP contribution in [0.4, 0.5) is 13.2 Å². The lowest BCUT2D eigenvalue weighted by molar-refractivity contribution is -0.186. The van der Waals surface area contributed by atoms with Crippen LogP contribution in [-0.2, 0) is 42.1 Å². The van der Waals surface area contributed by atoms with Crippen molar-refractivity contribution >= 4 is 27.7 Å². The molecule has 0 saturated heterocycles. The molecule has 1 amide bonds. The average Bonchev–Trinajstić information content (AvgIpc) is 2.94. The van der Waals surface area contributed by atoms with Crippen LogP contribution in [-0.4, -0.2) is 86.3 Å². The predicted molar refractivity (Wildman–Crippen MR) is 142 cm³/mol. The van der Waals surface area contributed by atoms with Crippen LogP contribution in [0, 0.1) is 0 Å². The van der Waals surface area contributed by atoms with Crippen molar-refractivity contribution in [1.82, 2.24) is 14.5 Å². The van der Waals surface area contributed by atoms with Crippen molar-refractivity contribution < 1.29 is 40.7 Å². The molecule has 0 spiro atoms. The van der Waals surface area contributed by atoms with Crippen molar-refractivity contribution in [3.63, 3.8) is 0 Å². The van der Waals surface area contributed by atoms with Crippen molar-refractivity contribution in [1.29, 1.82) is 0 Å². The molecule has 41 heavy (non-hydrogen) atoms. The second-order valence-electron chi connectivity index (χ2n) is 10.5. The quantitative estimate of drug-likeness (QED) is 0.274. The molecule has 0 aromatic heterocycles. The summed E-state index contributed by atoms with van der Waals surface area (Å²) in [6.45, 7) is 2.01. The largest absolute Gasteiger partial charge is 0.471 e. The first-order chi connectivity index (χ1) is 19.2. The standard InChI is InChI=1S/C27H33F3N4O6S/c1-17-7-11-34(26(14-17,25(37)40-2)23(35)22(31)12-18-4-3-9-32-15-18)41(38,39)21-6-5-19-8-10-33(16-20(19)13-21)24(36)27(28,29)30/h4-7,13,22,32H,3,8-12,14-16,31H2,1-2H3/t22?,26-/m1/s1. The van der Waals surface area contributed by atoms with E-state index in [9.17, 15) is 36.0 Å². The molecule has 3 aliphatic heterocycles. The van der Waals surface area contributed by atoms with Crippen molar-refractivity contribution in [2.24, 2.45) is 5.73 Å². The van der Waals surface area contributed by atoms with E-state index in [1.54, 1.807) is 13.0 Å². The van der Waals surface area contributed by atoms with E-state index in [4.69, 9.17) is 10.5 Å². The minimum absolute atomic E-state index is 0.104. The number of sulfonamides is 1. The van der Waals surface area contributed by atoms with Gasteiger partial charge in [0.05, 0.1) is 18.0 Å². The normalized spacial score (nSPS) is 22.7. The van der Waals surface area contributed by atoms with E-state index in [1.165, 1.54) is 18.2 Å². The van der Waals surface area contributed by atoms with Crippen molar-refractivity contribution in [2.75, 3.05) is 33.3 Å². The molecule has 2 atom stereocenters. The van der Waals surface area contributed by atoms with Crippen molar-refractivity contribution in [3.05, 3.63) is 52.6 Å². The molecule has 3 heterocycles. The fourth-order valence-corrected chi connectivity index (χ4v) is 7.32. The lowest BCUT2D eigenvalue weighted by Crippen LogP contribution is -2.67. The van der Waals surface area contributed by atoms with Crippen LogP contribution in [0.25, 0.3) is 0 Å². The summed E-state index contributed by atoms with van der Waals surface area (Å²) in [6.07, 6.45) is -0.854. The lowest BCUT2D eigenvalue weighted by Gasteiger charge is -2.43. The third-order valence-electron chi connectivity index (χ3n) is 7.73. The maximum absolute atomic E-state index is 14.1. The van der Waals surface area contributed by atoms with E-state index in [0.29, 0.717) is 22.6 Å². The number of ketones is 1. The van der Waals surface area contributed by atoms with Crippen molar-refractivity contribution in [2.45, 2.75) is 61.8 Å². The minimum atomic E-state index is -5.07. The lowest BCUT2D eigenvalue weighted by atomic mass is 9.80. The molecular formula is C27H33F3N4O6S. The molecule has 0 fully saturated rings. The highest BCUT2D eigenvalue weighted by atomic mass is 32.2. The molecule has 0 aliphatic carbocycles. The van der Waals surface area contributed by atoms with Crippen molar-refractivity contribution in [3.8, 4) is 0 Å². The number of carbonyl (C=O) groups is 3. The summed E-state index contributed by atoms with van der Waals surface area (Å²) in [7, 11) is -3.54. The van der Waals surface area contributed by atoms with Crippen LogP contribution in [0.3, 0.4) is 0 Å². The van der Waals surface area contributed by atoms with Gasteiger partial charge in [0.25, 0.3) is 0 Å². The molecule has 0 radical (unpaired) electrons. The van der Waals surface area contributed by atoms with Gasteiger partial charge in [-0.3, -0.25) is 9.59 Å². The molecular weight excluding hydrogens is 565 g/mol. The number of Topliss-reactive ketones (excluding diaryl/α,β-unsaturated/α-hetero) is 1. The summed E-state index contributed by atoms with van der Waals surface area (Å²) in [4.78, 5) is 39.5. The van der Waals surface area contributed by atoms with Crippen LogP contribution >= 0.6 is 0 Å². The van der Waals surface area contributed by atoms with Gasteiger partial charge < -0.3 is 20.7 Å². The highest BCUT2D eigenvalue weighted by Gasteiger charge is 2.58. The number of nitrogens with one attached hydrogen (secondary N) is 1. The van der Waals surface area contributed by atoms with E-state index in [-0.39, 0.29) is 42.8 Å². The van der Waals surface area contributed by atoms with Gasteiger partial charge in [0.15, 0.2) is 11.3 Å². The Morgan fingerprint density at radius 2 is 1.93 bits per heavy atom. The number of carbonyl (C=O) groups excluding carboxylic acids is 3. The fourth-order valence-electron chi connectivity index (χ4n) is 5.63. The number of methoxy groups -OCH3 is 1.